The molecular formula is C17H20N2O4S. The average molecular weight is 348 g/mol. The largest absolute Gasteiger partial charge is 0.455 e. The van der Waals surface area contributed by atoms with Crippen LogP contribution in [-0.4, -0.2) is 46.7 Å². The van der Waals surface area contributed by atoms with Gasteiger partial charge in [-0.3, -0.25) is 9.59 Å². The van der Waals surface area contributed by atoms with E-state index in [9.17, 15) is 9.59 Å². The zero-order valence-electron chi connectivity index (χ0n) is 13.6. The van der Waals surface area contributed by atoms with Gasteiger partial charge in [0.15, 0.2) is 12.2 Å². The second-order valence-electron chi connectivity index (χ2n) is 5.83. The van der Waals surface area contributed by atoms with Crippen LogP contribution in [0.2, 0.25) is 0 Å². The molecule has 1 aromatic carbocycles. The van der Waals surface area contributed by atoms with Crippen molar-refractivity contribution in [2.45, 2.75) is 37.5 Å². The van der Waals surface area contributed by atoms with Crippen molar-refractivity contribution in [1.29, 1.82) is 0 Å². The fourth-order valence-electron chi connectivity index (χ4n) is 2.77. The second-order valence-corrected chi connectivity index (χ2v) is 6.76. The highest BCUT2D eigenvalue weighted by molar-refractivity contribution is 7.99. The summed E-state index contributed by atoms with van der Waals surface area (Å²) >= 11 is 1.16. The number of thioether (sulfide) groups is 1. The number of rotatable bonds is 5. The fourth-order valence-corrected chi connectivity index (χ4v) is 3.41. The third kappa shape index (κ3) is 4.08. The summed E-state index contributed by atoms with van der Waals surface area (Å²) in [4.78, 5) is 30.0. The molecular weight excluding hydrogens is 328 g/mol. The molecule has 0 saturated carbocycles. The summed E-state index contributed by atoms with van der Waals surface area (Å²) in [7, 11) is 0. The summed E-state index contributed by atoms with van der Waals surface area (Å²) in [6.07, 6.45) is 3.16. The number of para-hydroxylation sites is 2. The third-order valence-corrected chi connectivity index (χ3v) is 4.87. The first-order chi connectivity index (χ1) is 11.6. The maximum Gasteiger partial charge on any atom is 0.316 e. The van der Waals surface area contributed by atoms with Crippen molar-refractivity contribution in [2.75, 3.05) is 18.9 Å². The van der Waals surface area contributed by atoms with Gasteiger partial charge in [0.1, 0.15) is 11.3 Å². The Morgan fingerprint density at radius 1 is 1.38 bits per heavy atom. The number of likely N-dealkylation sites (tertiary alicyclic amines) is 1. The number of amides is 1. The van der Waals surface area contributed by atoms with Gasteiger partial charge in [-0.05, 0) is 38.3 Å². The van der Waals surface area contributed by atoms with Crippen molar-refractivity contribution in [2.24, 2.45) is 0 Å². The van der Waals surface area contributed by atoms with Crippen molar-refractivity contribution in [3.63, 3.8) is 0 Å². The van der Waals surface area contributed by atoms with Crippen LogP contribution < -0.4 is 0 Å². The highest BCUT2D eigenvalue weighted by Gasteiger charge is 2.24. The highest BCUT2D eigenvalue weighted by atomic mass is 32.2. The van der Waals surface area contributed by atoms with Crippen LogP contribution in [0.3, 0.4) is 0 Å². The molecule has 0 radical (unpaired) electrons. The second kappa shape index (κ2) is 7.70. The number of oxazole rings is 1. The number of carbonyl (C=O) groups excluding carboxylic acids is 2. The summed E-state index contributed by atoms with van der Waals surface area (Å²) < 4.78 is 10.6. The molecule has 1 fully saturated rings. The lowest BCUT2D eigenvalue weighted by Crippen LogP contribution is -2.44. The first-order valence-electron chi connectivity index (χ1n) is 8.07. The maximum atomic E-state index is 12.1. The molecule has 128 valence electrons. The van der Waals surface area contributed by atoms with Crippen LogP contribution in [0.4, 0.5) is 0 Å². The number of piperidine rings is 1. The molecule has 1 aliphatic heterocycles. The normalized spacial score (nSPS) is 17.9. The predicted octanol–water partition coefficient (Wildman–Crippen LogP) is 2.86. The number of aromatic nitrogens is 1. The van der Waals surface area contributed by atoms with Crippen molar-refractivity contribution in [3.8, 4) is 0 Å². The fraction of sp³-hybridized carbons (Fsp3) is 0.471. The van der Waals surface area contributed by atoms with Crippen molar-refractivity contribution in [1.82, 2.24) is 9.88 Å². The van der Waals surface area contributed by atoms with Crippen LogP contribution in [0.15, 0.2) is 33.9 Å². The Morgan fingerprint density at radius 2 is 2.21 bits per heavy atom. The minimum absolute atomic E-state index is 0.0651. The first-order valence-corrected chi connectivity index (χ1v) is 9.05. The minimum atomic E-state index is -0.444. The number of ether oxygens (including phenoxy) is 1. The third-order valence-electron chi connectivity index (χ3n) is 4.07. The first kappa shape index (κ1) is 16.8. The van der Waals surface area contributed by atoms with Crippen molar-refractivity contribution >= 4 is 34.7 Å². The minimum Gasteiger partial charge on any atom is -0.455 e. The number of benzene rings is 1. The number of hydrogen-bond acceptors (Lipinski definition) is 6. The van der Waals surface area contributed by atoms with E-state index >= 15 is 0 Å². The van der Waals surface area contributed by atoms with Gasteiger partial charge in [0.2, 0.25) is 0 Å². The van der Waals surface area contributed by atoms with Crippen LogP contribution in [0, 0.1) is 0 Å². The van der Waals surface area contributed by atoms with Gasteiger partial charge in [0, 0.05) is 12.6 Å². The van der Waals surface area contributed by atoms with Gasteiger partial charge in [0.05, 0.1) is 0 Å². The van der Waals surface area contributed by atoms with Gasteiger partial charge in [-0.25, -0.2) is 4.98 Å². The molecule has 1 aromatic heterocycles. The predicted molar refractivity (Wildman–Crippen MR) is 90.7 cm³/mol. The molecule has 0 aliphatic carbocycles. The van der Waals surface area contributed by atoms with Crippen molar-refractivity contribution < 1.29 is 18.7 Å². The average Bonchev–Trinajstić information content (AvgIpc) is 3.01. The monoisotopic (exact) mass is 348 g/mol. The van der Waals surface area contributed by atoms with Crippen LogP contribution in [0.1, 0.15) is 26.2 Å². The SMILES string of the molecule is C[C@@H]1CCCCN1C(=O)COC(=O)CSc1nc2ccccc2o1. The standard InChI is InChI=1S/C17H20N2O4S/c1-12-6-4-5-9-19(12)15(20)10-22-16(21)11-24-17-18-13-7-2-3-8-14(13)23-17/h2-3,7-8,12H,4-6,9-11H2,1H3/t12-/m1/s1. The van der Waals surface area contributed by atoms with E-state index in [4.69, 9.17) is 9.15 Å². The van der Waals surface area contributed by atoms with E-state index in [1.54, 1.807) is 4.90 Å². The zero-order valence-corrected chi connectivity index (χ0v) is 14.4. The van der Waals surface area contributed by atoms with Crippen LogP contribution >= 0.6 is 11.8 Å². The lowest BCUT2D eigenvalue weighted by atomic mass is 10.0. The van der Waals surface area contributed by atoms with E-state index in [1.165, 1.54) is 0 Å². The van der Waals surface area contributed by atoms with Gasteiger partial charge in [-0.15, -0.1) is 0 Å². The van der Waals surface area contributed by atoms with E-state index in [2.05, 4.69) is 4.98 Å². The molecule has 7 heteroatoms. The van der Waals surface area contributed by atoms with Crippen LogP contribution in [0.25, 0.3) is 11.1 Å². The molecule has 0 bridgehead atoms. The van der Waals surface area contributed by atoms with E-state index < -0.39 is 5.97 Å². The Labute approximate surface area is 144 Å². The lowest BCUT2D eigenvalue weighted by molar-refractivity contribution is -0.151. The van der Waals surface area contributed by atoms with E-state index in [1.807, 2.05) is 31.2 Å². The topological polar surface area (TPSA) is 72.6 Å². The number of esters is 1. The number of nitrogens with zero attached hydrogens (tertiary/aromatic N) is 2. The highest BCUT2D eigenvalue weighted by Crippen LogP contribution is 2.23. The maximum absolute atomic E-state index is 12.1. The zero-order chi connectivity index (χ0) is 16.9. The molecule has 0 N–H and O–H groups in total. The molecule has 1 aliphatic rings. The Bertz CT molecular complexity index is 697. The van der Waals surface area contributed by atoms with Crippen LogP contribution in [0.5, 0.6) is 0 Å². The van der Waals surface area contributed by atoms with Gasteiger partial charge < -0.3 is 14.1 Å². The molecule has 2 aromatic rings. The van der Waals surface area contributed by atoms with E-state index in [-0.39, 0.29) is 24.3 Å². The molecule has 6 nitrogen and oxygen atoms in total. The quantitative estimate of drug-likeness (QED) is 0.611. The molecule has 1 saturated heterocycles. The van der Waals surface area contributed by atoms with Crippen LogP contribution in [-0.2, 0) is 14.3 Å². The van der Waals surface area contributed by atoms with Gasteiger partial charge >= 0.3 is 5.97 Å². The smallest absolute Gasteiger partial charge is 0.316 e. The summed E-state index contributed by atoms with van der Waals surface area (Å²) in [5.41, 5.74) is 1.44. The summed E-state index contributed by atoms with van der Waals surface area (Å²) in [5.74, 6) is -0.502. The Morgan fingerprint density at radius 3 is 3.00 bits per heavy atom. The lowest BCUT2D eigenvalue weighted by Gasteiger charge is -2.33. The molecule has 24 heavy (non-hydrogen) atoms. The van der Waals surface area contributed by atoms with Gasteiger partial charge in [-0.1, -0.05) is 23.9 Å². The molecule has 1 amide bonds. The van der Waals surface area contributed by atoms with Gasteiger partial charge in [0.25, 0.3) is 11.1 Å². The van der Waals surface area contributed by atoms with E-state index in [0.29, 0.717) is 10.8 Å². The molecule has 0 unspecified atom stereocenters. The van der Waals surface area contributed by atoms with E-state index in [0.717, 1.165) is 43.1 Å². The Kier molecular flexibility index (Phi) is 5.40. The van der Waals surface area contributed by atoms with Crippen molar-refractivity contribution in [3.05, 3.63) is 24.3 Å². The number of hydrogen-bond donors (Lipinski definition) is 0. The molecule has 3 rings (SSSR count). The molecule has 1 atom stereocenters. The molecule has 0 spiro atoms. The Hall–Kier alpha value is -2.02. The summed E-state index contributed by atoms with van der Waals surface area (Å²) in [6, 6.07) is 7.63. The summed E-state index contributed by atoms with van der Waals surface area (Å²) in [5, 5.41) is 0.420. The Balaban J connectivity index is 1.44. The molecule has 2 heterocycles. The van der Waals surface area contributed by atoms with Gasteiger partial charge in [-0.2, -0.15) is 0 Å². The number of carbonyl (C=O) groups is 2. The summed E-state index contributed by atoms with van der Waals surface area (Å²) in [6.45, 7) is 2.58. The number of fused-ring (bicyclic) bond motifs is 1.